The first-order valence-corrected chi connectivity index (χ1v) is 8.88. The molecule has 0 spiro atoms. The Morgan fingerprint density at radius 3 is 2.43 bits per heavy atom. The first kappa shape index (κ1) is 15.9. The molecule has 21 heavy (non-hydrogen) atoms. The van der Waals surface area contributed by atoms with Crippen LogP contribution in [-0.2, 0) is 16.6 Å². The molecular formula is C14H18N2O3S2. The van der Waals surface area contributed by atoms with Crippen molar-refractivity contribution in [2.24, 2.45) is 0 Å². The summed E-state index contributed by atoms with van der Waals surface area (Å²) in [6.07, 6.45) is 0. The van der Waals surface area contributed by atoms with Gasteiger partial charge in [-0.2, -0.15) is 0 Å². The molecule has 1 aromatic heterocycles. The lowest BCUT2D eigenvalue weighted by molar-refractivity contribution is 0.340. The highest BCUT2D eigenvalue weighted by molar-refractivity contribution is 7.89. The third-order valence-electron chi connectivity index (χ3n) is 2.87. The lowest BCUT2D eigenvalue weighted by Gasteiger charge is -2.07. The van der Waals surface area contributed by atoms with Gasteiger partial charge in [-0.3, -0.25) is 0 Å². The average Bonchev–Trinajstić information content (AvgIpc) is 2.76. The van der Waals surface area contributed by atoms with Gasteiger partial charge in [0.1, 0.15) is 5.75 Å². The maximum absolute atomic E-state index is 12.2. The highest BCUT2D eigenvalue weighted by Gasteiger charge is 2.15. The maximum atomic E-state index is 12.2. The van der Waals surface area contributed by atoms with Gasteiger partial charge in [-0.15, -0.1) is 11.3 Å². The smallest absolute Gasteiger partial charge is 0.240 e. The minimum absolute atomic E-state index is 0.227. The molecule has 5 nitrogen and oxygen atoms in total. The van der Waals surface area contributed by atoms with Gasteiger partial charge in [0.15, 0.2) is 0 Å². The van der Waals surface area contributed by atoms with E-state index in [2.05, 4.69) is 9.71 Å². The summed E-state index contributed by atoms with van der Waals surface area (Å²) in [6.45, 7) is 6.47. The lowest BCUT2D eigenvalue weighted by atomic mass is 10.3. The van der Waals surface area contributed by atoms with Crippen LogP contribution < -0.4 is 9.46 Å². The van der Waals surface area contributed by atoms with Gasteiger partial charge in [0.05, 0.1) is 22.2 Å². The molecule has 0 amide bonds. The second kappa shape index (κ2) is 6.55. The normalized spacial score (nSPS) is 11.6. The topological polar surface area (TPSA) is 68.3 Å². The van der Waals surface area contributed by atoms with Crippen molar-refractivity contribution in [1.82, 2.24) is 9.71 Å². The van der Waals surface area contributed by atoms with Gasteiger partial charge in [0.25, 0.3) is 0 Å². The number of ether oxygens (including phenoxy) is 1. The van der Waals surface area contributed by atoms with Gasteiger partial charge in [-0.05, 0) is 45.0 Å². The number of rotatable bonds is 6. The van der Waals surface area contributed by atoms with Crippen molar-refractivity contribution in [3.8, 4) is 5.75 Å². The molecule has 1 aromatic carbocycles. The second-order valence-corrected chi connectivity index (χ2v) is 7.53. The van der Waals surface area contributed by atoms with Crippen LogP contribution >= 0.6 is 11.3 Å². The predicted octanol–water partition coefficient (Wildman–Crippen LogP) is 2.64. The number of sulfonamides is 1. The van der Waals surface area contributed by atoms with Crippen molar-refractivity contribution < 1.29 is 13.2 Å². The third kappa shape index (κ3) is 4.03. The molecular weight excluding hydrogens is 308 g/mol. The number of thiazole rings is 1. The minimum Gasteiger partial charge on any atom is -0.494 e. The Morgan fingerprint density at radius 1 is 1.24 bits per heavy atom. The van der Waals surface area contributed by atoms with Crippen molar-refractivity contribution in [2.75, 3.05) is 6.61 Å². The van der Waals surface area contributed by atoms with Crippen LogP contribution in [0.2, 0.25) is 0 Å². The number of hydrogen-bond acceptors (Lipinski definition) is 5. The molecule has 0 radical (unpaired) electrons. The Hall–Kier alpha value is -1.44. The number of benzene rings is 1. The summed E-state index contributed by atoms with van der Waals surface area (Å²) < 4.78 is 32.3. The van der Waals surface area contributed by atoms with E-state index in [0.717, 1.165) is 15.6 Å². The van der Waals surface area contributed by atoms with E-state index in [1.807, 2.05) is 20.8 Å². The molecule has 0 unspecified atom stereocenters. The standard InChI is InChI=1S/C14H18N2O3S2/c1-4-19-12-5-7-13(8-6-12)21(17,18)15-9-14-10(2)16-11(3)20-14/h5-8,15H,4,9H2,1-3H3. The molecule has 0 aliphatic heterocycles. The molecule has 0 fully saturated rings. The highest BCUT2D eigenvalue weighted by atomic mass is 32.2. The van der Waals surface area contributed by atoms with E-state index in [9.17, 15) is 8.42 Å². The minimum atomic E-state index is -3.52. The van der Waals surface area contributed by atoms with Crippen LogP contribution in [0.3, 0.4) is 0 Å². The van der Waals surface area contributed by atoms with E-state index in [0.29, 0.717) is 12.4 Å². The molecule has 0 saturated carbocycles. The first-order valence-electron chi connectivity index (χ1n) is 6.58. The van der Waals surface area contributed by atoms with Crippen LogP contribution in [0.1, 0.15) is 22.5 Å². The van der Waals surface area contributed by atoms with E-state index < -0.39 is 10.0 Å². The summed E-state index contributed by atoms with van der Waals surface area (Å²) in [5.74, 6) is 0.658. The van der Waals surface area contributed by atoms with Crippen LogP contribution in [0.15, 0.2) is 29.2 Å². The van der Waals surface area contributed by atoms with Crippen LogP contribution in [0.4, 0.5) is 0 Å². The molecule has 1 N–H and O–H groups in total. The van der Waals surface area contributed by atoms with Crippen LogP contribution in [0.25, 0.3) is 0 Å². The Balaban J connectivity index is 2.09. The van der Waals surface area contributed by atoms with E-state index in [1.165, 1.54) is 23.5 Å². The molecule has 0 bridgehead atoms. The summed E-state index contributed by atoms with van der Waals surface area (Å²) >= 11 is 1.50. The van der Waals surface area contributed by atoms with Crippen LogP contribution in [0, 0.1) is 13.8 Å². The van der Waals surface area contributed by atoms with E-state index in [4.69, 9.17) is 4.74 Å². The monoisotopic (exact) mass is 326 g/mol. The number of aryl methyl sites for hydroxylation is 2. The maximum Gasteiger partial charge on any atom is 0.240 e. The van der Waals surface area contributed by atoms with E-state index >= 15 is 0 Å². The van der Waals surface area contributed by atoms with Crippen LogP contribution in [-0.4, -0.2) is 20.0 Å². The Bertz CT molecular complexity index is 706. The number of aromatic nitrogens is 1. The fourth-order valence-electron chi connectivity index (χ4n) is 1.86. The molecule has 7 heteroatoms. The Labute approximate surface area is 129 Å². The third-order valence-corrected chi connectivity index (χ3v) is 5.36. The highest BCUT2D eigenvalue weighted by Crippen LogP contribution is 2.19. The SMILES string of the molecule is CCOc1ccc(S(=O)(=O)NCc2sc(C)nc2C)cc1. The van der Waals surface area contributed by atoms with Gasteiger partial charge >= 0.3 is 0 Å². The van der Waals surface area contributed by atoms with Crippen molar-refractivity contribution in [3.63, 3.8) is 0 Å². The first-order chi connectivity index (χ1) is 9.92. The molecule has 2 rings (SSSR count). The molecule has 2 aromatic rings. The summed E-state index contributed by atoms with van der Waals surface area (Å²) in [5.41, 5.74) is 0.867. The number of hydrogen-bond donors (Lipinski definition) is 1. The lowest BCUT2D eigenvalue weighted by Crippen LogP contribution is -2.23. The molecule has 0 atom stereocenters. The fourth-order valence-corrected chi connectivity index (χ4v) is 3.83. The van der Waals surface area contributed by atoms with Crippen molar-refractivity contribution in [3.05, 3.63) is 39.8 Å². The van der Waals surface area contributed by atoms with Gasteiger partial charge in [-0.1, -0.05) is 0 Å². The van der Waals surface area contributed by atoms with Gasteiger partial charge in [0.2, 0.25) is 10.0 Å². The van der Waals surface area contributed by atoms with Crippen LogP contribution in [0.5, 0.6) is 5.75 Å². The van der Waals surface area contributed by atoms with Crippen molar-refractivity contribution in [2.45, 2.75) is 32.2 Å². The number of nitrogens with one attached hydrogen (secondary N) is 1. The quantitative estimate of drug-likeness (QED) is 0.886. The Morgan fingerprint density at radius 2 is 1.90 bits per heavy atom. The molecule has 0 aliphatic carbocycles. The summed E-state index contributed by atoms with van der Waals surface area (Å²) in [6, 6.07) is 6.39. The van der Waals surface area contributed by atoms with Gasteiger partial charge in [-0.25, -0.2) is 18.1 Å². The fraction of sp³-hybridized carbons (Fsp3) is 0.357. The Kier molecular flexibility index (Phi) is 4.97. The zero-order chi connectivity index (χ0) is 15.5. The second-order valence-electron chi connectivity index (χ2n) is 4.47. The zero-order valence-electron chi connectivity index (χ0n) is 12.2. The van der Waals surface area contributed by atoms with E-state index in [1.54, 1.807) is 12.1 Å². The summed E-state index contributed by atoms with van der Waals surface area (Å²) in [7, 11) is -3.52. The van der Waals surface area contributed by atoms with Crippen molar-refractivity contribution in [1.29, 1.82) is 0 Å². The summed E-state index contributed by atoms with van der Waals surface area (Å²) in [5, 5.41) is 0.933. The van der Waals surface area contributed by atoms with Gasteiger partial charge in [0, 0.05) is 11.4 Å². The number of nitrogens with zero attached hydrogens (tertiary/aromatic N) is 1. The summed E-state index contributed by atoms with van der Waals surface area (Å²) in [4.78, 5) is 5.44. The molecule has 0 aliphatic rings. The van der Waals surface area contributed by atoms with E-state index in [-0.39, 0.29) is 11.4 Å². The molecule has 114 valence electrons. The van der Waals surface area contributed by atoms with Gasteiger partial charge < -0.3 is 4.74 Å². The largest absolute Gasteiger partial charge is 0.494 e. The molecule has 1 heterocycles. The zero-order valence-corrected chi connectivity index (χ0v) is 13.8. The average molecular weight is 326 g/mol. The molecule has 0 saturated heterocycles. The predicted molar refractivity (Wildman–Crippen MR) is 83.2 cm³/mol. The van der Waals surface area contributed by atoms with Crippen molar-refractivity contribution >= 4 is 21.4 Å².